The second kappa shape index (κ2) is 6.72. The lowest BCUT2D eigenvalue weighted by Gasteiger charge is -2.26. The summed E-state index contributed by atoms with van der Waals surface area (Å²) in [7, 11) is 2.15. The molecule has 0 amide bonds. The van der Waals surface area contributed by atoms with Crippen molar-refractivity contribution in [3.05, 3.63) is 5.28 Å². The second-order valence-corrected chi connectivity index (χ2v) is 5.96. The fourth-order valence-corrected chi connectivity index (χ4v) is 2.91. The van der Waals surface area contributed by atoms with E-state index in [2.05, 4.69) is 37.1 Å². The summed E-state index contributed by atoms with van der Waals surface area (Å²) in [6.07, 6.45) is 1.21. The smallest absolute Gasteiger partial charge is 0.231 e. The Morgan fingerprint density at radius 2 is 2.05 bits per heavy atom. The van der Waals surface area contributed by atoms with Crippen LogP contribution in [0.1, 0.15) is 6.42 Å². The van der Waals surface area contributed by atoms with Gasteiger partial charge in [-0.25, -0.2) is 0 Å². The van der Waals surface area contributed by atoms with Crippen molar-refractivity contribution in [2.24, 2.45) is 5.92 Å². The maximum atomic E-state index is 6.02. The van der Waals surface area contributed by atoms with Crippen molar-refractivity contribution in [1.82, 2.24) is 19.9 Å². The molecule has 116 valence electrons. The van der Waals surface area contributed by atoms with Crippen LogP contribution >= 0.6 is 11.6 Å². The summed E-state index contributed by atoms with van der Waals surface area (Å²) in [4.78, 5) is 17.3. The minimum Gasteiger partial charge on any atom is -0.378 e. The molecule has 1 aromatic rings. The van der Waals surface area contributed by atoms with E-state index in [1.54, 1.807) is 0 Å². The first-order chi connectivity index (χ1) is 10.2. The van der Waals surface area contributed by atoms with Crippen molar-refractivity contribution >= 4 is 23.5 Å². The predicted octanol–water partition coefficient (Wildman–Crippen LogP) is 0.725. The van der Waals surface area contributed by atoms with Gasteiger partial charge in [-0.3, -0.25) is 0 Å². The average Bonchev–Trinajstić information content (AvgIpc) is 2.91. The normalized spacial score (nSPS) is 23.5. The van der Waals surface area contributed by atoms with Crippen molar-refractivity contribution in [2.75, 3.05) is 63.2 Å². The first-order valence-corrected chi connectivity index (χ1v) is 7.75. The highest BCUT2D eigenvalue weighted by Gasteiger charge is 2.20. The number of hydrogen-bond acceptors (Lipinski definition) is 7. The molecule has 8 heteroatoms. The van der Waals surface area contributed by atoms with Gasteiger partial charge in [0.25, 0.3) is 0 Å². The van der Waals surface area contributed by atoms with E-state index in [-0.39, 0.29) is 5.28 Å². The van der Waals surface area contributed by atoms with Crippen LogP contribution in [0.5, 0.6) is 0 Å². The number of ether oxygens (including phenoxy) is 1. The minimum absolute atomic E-state index is 0.234. The molecule has 1 N–H and O–H groups in total. The van der Waals surface area contributed by atoms with E-state index in [1.165, 1.54) is 6.42 Å². The number of nitrogens with one attached hydrogen (secondary N) is 1. The van der Waals surface area contributed by atoms with Crippen LogP contribution in [0.2, 0.25) is 5.28 Å². The summed E-state index contributed by atoms with van der Waals surface area (Å²) in [6, 6.07) is 0. The molecule has 2 saturated heterocycles. The van der Waals surface area contributed by atoms with Crippen molar-refractivity contribution in [3.8, 4) is 0 Å². The van der Waals surface area contributed by atoms with Crippen LogP contribution in [0.3, 0.4) is 0 Å². The van der Waals surface area contributed by atoms with E-state index in [4.69, 9.17) is 16.3 Å². The molecule has 0 radical (unpaired) electrons. The van der Waals surface area contributed by atoms with Gasteiger partial charge in [0.05, 0.1) is 13.2 Å². The number of nitrogens with zero attached hydrogens (tertiary/aromatic N) is 5. The molecule has 2 fully saturated rings. The number of halogens is 1. The summed E-state index contributed by atoms with van der Waals surface area (Å²) in [5.74, 6) is 1.83. The van der Waals surface area contributed by atoms with Crippen molar-refractivity contribution in [2.45, 2.75) is 6.42 Å². The Bertz CT molecular complexity index is 482. The van der Waals surface area contributed by atoms with Gasteiger partial charge in [-0.2, -0.15) is 15.0 Å². The molecule has 0 spiro atoms. The molecule has 1 unspecified atom stereocenters. The first-order valence-electron chi connectivity index (χ1n) is 7.37. The lowest BCUT2D eigenvalue weighted by molar-refractivity contribution is 0.122. The van der Waals surface area contributed by atoms with E-state index in [0.29, 0.717) is 31.0 Å². The van der Waals surface area contributed by atoms with Gasteiger partial charge < -0.3 is 19.9 Å². The van der Waals surface area contributed by atoms with Gasteiger partial charge in [-0.05, 0) is 37.5 Å². The number of rotatable bonds is 4. The third-order valence-corrected chi connectivity index (χ3v) is 4.10. The quantitative estimate of drug-likeness (QED) is 0.879. The topological polar surface area (TPSA) is 66.4 Å². The summed E-state index contributed by atoms with van der Waals surface area (Å²) in [6.45, 7) is 6.10. The predicted molar refractivity (Wildman–Crippen MR) is 82.0 cm³/mol. The minimum atomic E-state index is 0.234. The second-order valence-electron chi connectivity index (χ2n) is 5.63. The third kappa shape index (κ3) is 3.93. The Morgan fingerprint density at radius 1 is 1.24 bits per heavy atom. The van der Waals surface area contributed by atoms with Crippen molar-refractivity contribution in [3.63, 3.8) is 0 Å². The van der Waals surface area contributed by atoms with Gasteiger partial charge in [-0.15, -0.1) is 0 Å². The fourth-order valence-electron chi connectivity index (χ4n) is 2.75. The van der Waals surface area contributed by atoms with Crippen LogP contribution in [-0.4, -0.2) is 72.8 Å². The van der Waals surface area contributed by atoms with Gasteiger partial charge in [0.2, 0.25) is 17.2 Å². The highest BCUT2D eigenvalue weighted by Crippen LogP contribution is 2.17. The summed E-state index contributed by atoms with van der Waals surface area (Å²) < 4.78 is 5.34. The SMILES string of the molecule is CN1CCC(CNc2nc(Cl)nc(N3CCOCC3)n2)C1. The highest BCUT2D eigenvalue weighted by atomic mass is 35.5. The molecule has 3 rings (SSSR count). The number of aromatic nitrogens is 3. The Kier molecular flexibility index (Phi) is 4.72. The molecule has 0 aliphatic carbocycles. The molecule has 7 nitrogen and oxygen atoms in total. The average molecular weight is 313 g/mol. The maximum Gasteiger partial charge on any atom is 0.231 e. The number of morpholine rings is 1. The number of anilines is 2. The molecule has 2 aliphatic rings. The Balaban J connectivity index is 1.63. The molecule has 0 saturated carbocycles. The summed E-state index contributed by atoms with van der Waals surface area (Å²) in [5.41, 5.74) is 0. The Morgan fingerprint density at radius 3 is 2.76 bits per heavy atom. The molecule has 3 heterocycles. The lowest BCUT2D eigenvalue weighted by atomic mass is 10.1. The summed E-state index contributed by atoms with van der Waals surface area (Å²) in [5, 5.41) is 3.53. The van der Waals surface area contributed by atoms with Gasteiger partial charge >= 0.3 is 0 Å². The maximum absolute atomic E-state index is 6.02. The number of hydrogen-bond donors (Lipinski definition) is 1. The monoisotopic (exact) mass is 312 g/mol. The molecule has 1 aromatic heterocycles. The molecule has 21 heavy (non-hydrogen) atoms. The van der Waals surface area contributed by atoms with E-state index in [0.717, 1.165) is 32.7 Å². The van der Waals surface area contributed by atoms with Crippen LogP contribution in [0.15, 0.2) is 0 Å². The Labute approximate surface area is 129 Å². The largest absolute Gasteiger partial charge is 0.378 e. The van der Waals surface area contributed by atoms with E-state index in [9.17, 15) is 0 Å². The van der Waals surface area contributed by atoms with Crippen molar-refractivity contribution in [1.29, 1.82) is 0 Å². The van der Waals surface area contributed by atoms with Crippen LogP contribution in [0.25, 0.3) is 0 Å². The molecule has 0 aromatic carbocycles. The standard InChI is InChI=1S/C13H21ClN6O/c1-19-3-2-10(9-19)8-15-12-16-11(14)17-13(18-12)20-4-6-21-7-5-20/h10H,2-9H2,1H3,(H,15,16,17,18). The van der Waals surface area contributed by atoms with E-state index < -0.39 is 0 Å². The lowest BCUT2D eigenvalue weighted by Crippen LogP contribution is -2.37. The third-order valence-electron chi connectivity index (χ3n) is 3.93. The van der Waals surface area contributed by atoms with Gasteiger partial charge in [0.15, 0.2) is 0 Å². The van der Waals surface area contributed by atoms with Crippen LogP contribution < -0.4 is 10.2 Å². The van der Waals surface area contributed by atoms with Crippen molar-refractivity contribution < 1.29 is 4.74 Å². The van der Waals surface area contributed by atoms with Gasteiger partial charge in [-0.1, -0.05) is 0 Å². The van der Waals surface area contributed by atoms with Crippen LogP contribution in [0, 0.1) is 5.92 Å². The molecule has 1 atom stereocenters. The first kappa shape index (κ1) is 14.7. The highest BCUT2D eigenvalue weighted by molar-refractivity contribution is 6.28. The Hall–Kier alpha value is -1.18. The zero-order chi connectivity index (χ0) is 14.7. The zero-order valence-corrected chi connectivity index (χ0v) is 13.0. The molecule has 2 aliphatic heterocycles. The number of likely N-dealkylation sites (tertiary alicyclic amines) is 1. The van der Waals surface area contributed by atoms with E-state index >= 15 is 0 Å². The van der Waals surface area contributed by atoms with Crippen LogP contribution in [-0.2, 0) is 4.74 Å². The summed E-state index contributed by atoms with van der Waals surface area (Å²) >= 11 is 6.02. The van der Waals surface area contributed by atoms with Gasteiger partial charge in [0, 0.05) is 26.2 Å². The molecular formula is C13H21ClN6O. The zero-order valence-electron chi connectivity index (χ0n) is 12.3. The molecular weight excluding hydrogens is 292 g/mol. The molecule has 0 bridgehead atoms. The fraction of sp³-hybridized carbons (Fsp3) is 0.769. The van der Waals surface area contributed by atoms with Gasteiger partial charge in [0.1, 0.15) is 0 Å². The van der Waals surface area contributed by atoms with E-state index in [1.807, 2.05) is 0 Å². The van der Waals surface area contributed by atoms with Crippen LogP contribution in [0.4, 0.5) is 11.9 Å².